The fourth-order valence-electron chi connectivity index (χ4n) is 1.98. The maximum atomic E-state index is 12.6. The number of imidazole rings is 1. The van der Waals surface area contributed by atoms with Crippen LogP contribution in [0.2, 0.25) is 0 Å². The molecule has 0 spiro atoms. The Labute approximate surface area is 120 Å². The van der Waals surface area contributed by atoms with Gasteiger partial charge < -0.3 is 9.72 Å². The summed E-state index contributed by atoms with van der Waals surface area (Å²) < 4.78 is 39.2. The highest BCUT2D eigenvalue weighted by molar-refractivity contribution is 5.75. The Bertz CT molecular complexity index is 634. The van der Waals surface area contributed by atoms with Crippen molar-refractivity contribution >= 4 is 11.6 Å². The van der Waals surface area contributed by atoms with Crippen LogP contribution in [-0.2, 0) is 17.4 Å². The predicted molar refractivity (Wildman–Crippen MR) is 71.8 cm³/mol. The van der Waals surface area contributed by atoms with Gasteiger partial charge in [0.1, 0.15) is 5.65 Å². The lowest BCUT2D eigenvalue weighted by Gasteiger charge is -2.05. The summed E-state index contributed by atoms with van der Waals surface area (Å²) >= 11 is 0. The SMILES string of the molecule is CCCC(=O)NCCc1cn2cc(C(F)(F)F)ccc2n1. The van der Waals surface area contributed by atoms with Crippen molar-refractivity contribution in [3.05, 3.63) is 35.8 Å². The van der Waals surface area contributed by atoms with Crippen LogP contribution in [0.3, 0.4) is 0 Å². The Morgan fingerprint density at radius 2 is 2.10 bits per heavy atom. The van der Waals surface area contributed by atoms with Gasteiger partial charge in [-0.3, -0.25) is 4.79 Å². The summed E-state index contributed by atoms with van der Waals surface area (Å²) in [4.78, 5) is 15.5. The van der Waals surface area contributed by atoms with Crippen LogP contribution in [0.1, 0.15) is 31.0 Å². The van der Waals surface area contributed by atoms with Crippen LogP contribution in [0, 0.1) is 0 Å². The van der Waals surface area contributed by atoms with Gasteiger partial charge in [0.05, 0.1) is 11.3 Å². The van der Waals surface area contributed by atoms with E-state index >= 15 is 0 Å². The molecule has 0 aliphatic carbocycles. The molecule has 2 aromatic heterocycles. The van der Waals surface area contributed by atoms with Gasteiger partial charge in [0, 0.05) is 31.8 Å². The molecule has 1 N–H and O–H groups in total. The third-order valence-corrected chi connectivity index (χ3v) is 3.01. The molecule has 7 heteroatoms. The van der Waals surface area contributed by atoms with E-state index in [4.69, 9.17) is 0 Å². The zero-order valence-corrected chi connectivity index (χ0v) is 11.6. The number of aromatic nitrogens is 2. The predicted octanol–water partition coefficient (Wildman–Crippen LogP) is 2.81. The van der Waals surface area contributed by atoms with Crippen molar-refractivity contribution in [3.63, 3.8) is 0 Å². The minimum absolute atomic E-state index is 0.0272. The van der Waals surface area contributed by atoms with Gasteiger partial charge in [-0.2, -0.15) is 13.2 Å². The van der Waals surface area contributed by atoms with E-state index in [0.29, 0.717) is 30.7 Å². The summed E-state index contributed by atoms with van der Waals surface area (Å²) in [5, 5.41) is 2.74. The van der Waals surface area contributed by atoms with E-state index in [1.54, 1.807) is 6.20 Å². The van der Waals surface area contributed by atoms with Gasteiger partial charge in [-0.1, -0.05) is 6.92 Å². The molecule has 0 saturated heterocycles. The second-order valence-corrected chi connectivity index (χ2v) is 4.76. The first kappa shape index (κ1) is 15.3. The number of fused-ring (bicyclic) bond motifs is 1. The van der Waals surface area contributed by atoms with Gasteiger partial charge in [0.25, 0.3) is 0 Å². The molecule has 114 valence electrons. The highest BCUT2D eigenvalue weighted by atomic mass is 19.4. The average molecular weight is 299 g/mol. The summed E-state index contributed by atoms with van der Waals surface area (Å²) in [7, 11) is 0. The van der Waals surface area contributed by atoms with Crippen LogP contribution >= 0.6 is 0 Å². The van der Waals surface area contributed by atoms with Gasteiger partial charge in [-0.15, -0.1) is 0 Å². The molecule has 4 nitrogen and oxygen atoms in total. The summed E-state index contributed by atoms with van der Waals surface area (Å²) in [5.74, 6) is -0.0272. The largest absolute Gasteiger partial charge is 0.417 e. The van der Waals surface area contributed by atoms with Gasteiger partial charge in [-0.05, 0) is 18.6 Å². The first-order chi connectivity index (χ1) is 9.90. The number of pyridine rings is 1. The van der Waals surface area contributed by atoms with Crippen molar-refractivity contribution in [2.24, 2.45) is 0 Å². The molecule has 1 amide bonds. The summed E-state index contributed by atoms with van der Waals surface area (Å²) in [6.07, 6.45) is -0.0657. The van der Waals surface area contributed by atoms with Gasteiger partial charge in [0.2, 0.25) is 5.91 Å². The summed E-state index contributed by atoms with van der Waals surface area (Å²) in [5.41, 5.74) is 0.388. The molecule has 0 unspecified atom stereocenters. The van der Waals surface area contributed by atoms with Crippen molar-refractivity contribution in [2.75, 3.05) is 6.54 Å². The number of nitrogens with one attached hydrogen (secondary N) is 1. The highest BCUT2D eigenvalue weighted by Crippen LogP contribution is 2.29. The lowest BCUT2D eigenvalue weighted by atomic mass is 10.3. The first-order valence-electron chi connectivity index (χ1n) is 6.71. The number of carbonyl (C=O) groups excluding carboxylic acids is 1. The molecule has 0 aliphatic heterocycles. The van der Waals surface area contributed by atoms with E-state index in [1.165, 1.54) is 10.5 Å². The number of hydrogen-bond acceptors (Lipinski definition) is 2. The first-order valence-corrected chi connectivity index (χ1v) is 6.71. The lowest BCUT2D eigenvalue weighted by molar-refractivity contribution is -0.137. The molecule has 0 bridgehead atoms. The molecular weight excluding hydrogens is 283 g/mol. The Morgan fingerprint density at radius 1 is 1.33 bits per heavy atom. The minimum atomic E-state index is -4.37. The van der Waals surface area contributed by atoms with Crippen molar-refractivity contribution in [1.82, 2.24) is 14.7 Å². The van der Waals surface area contributed by atoms with Crippen LogP contribution in [0.15, 0.2) is 24.5 Å². The number of rotatable bonds is 5. The summed E-state index contributed by atoms with van der Waals surface area (Å²) in [6, 6.07) is 2.34. The third kappa shape index (κ3) is 3.96. The number of amides is 1. The standard InChI is InChI=1S/C14H16F3N3O/c1-2-3-13(21)18-7-6-11-9-20-8-10(14(15,16)17)4-5-12(20)19-11/h4-5,8-9H,2-3,6-7H2,1H3,(H,18,21). The number of nitrogens with zero attached hydrogens (tertiary/aromatic N) is 2. The van der Waals surface area contributed by atoms with E-state index < -0.39 is 11.7 Å². The van der Waals surface area contributed by atoms with Crippen molar-refractivity contribution in [1.29, 1.82) is 0 Å². The van der Waals surface area contributed by atoms with Crippen LogP contribution in [0.25, 0.3) is 5.65 Å². The van der Waals surface area contributed by atoms with E-state index in [0.717, 1.165) is 18.7 Å². The van der Waals surface area contributed by atoms with Gasteiger partial charge >= 0.3 is 6.18 Å². The summed E-state index contributed by atoms with van der Waals surface area (Å²) in [6.45, 7) is 2.34. The normalized spacial score (nSPS) is 11.8. The maximum Gasteiger partial charge on any atom is 0.417 e. The second-order valence-electron chi connectivity index (χ2n) is 4.76. The van der Waals surface area contributed by atoms with Crippen LogP contribution in [0.4, 0.5) is 13.2 Å². The number of carbonyl (C=O) groups is 1. The van der Waals surface area contributed by atoms with Crippen LogP contribution in [0.5, 0.6) is 0 Å². The topological polar surface area (TPSA) is 46.4 Å². The Kier molecular flexibility index (Phi) is 4.50. The van der Waals surface area contributed by atoms with Crippen LogP contribution in [-0.4, -0.2) is 21.8 Å². The number of alkyl halides is 3. The fraction of sp³-hybridized carbons (Fsp3) is 0.429. The minimum Gasteiger partial charge on any atom is -0.356 e. The van der Waals surface area contributed by atoms with Crippen molar-refractivity contribution in [3.8, 4) is 0 Å². The molecule has 0 fully saturated rings. The molecule has 0 aromatic carbocycles. The zero-order valence-electron chi connectivity index (χ0n) is 11.6. The lowest BCUT2D eigenvalue weighted by Crippen LogP contribution is -2.25. The Balaban J connectivity index is 2.04. The second kappa shape index (κ2) is 6.15. The Morgan fingerprint density at radius 3 is 2.76 bits per heavy atom. The molecule has 2 rings (SSSR count). The molecule has 21 heavy (non-hydrogen) atoms. The van der Waals surface area contributed by atoms with E-state index in [2.05, 4.69) is 10.3 Å². The monoisotopic (exact) mass is 299 g/mol. The molecular formula is C14H16F3N3O. The molecule has 0 atom stereocenters. The quantitative estimate of drug-likeness (QED) is 0.923. The number of halogens is 3. The van der Waals surface area contributed by atoms with E-state index in [1.807, 2.05) is 6.92 Å². The van der Waals surface area contributed by atoms with Crippen LogP contribution < -0.4 is 5.32 Å². The maximum absolute atomic E-state index is 12.6. The molecule has 2 heterocycles. The average Bonchev–Trinajstić information content (AvgIpc) is 2.79. The zero-order chi connectivity index (χ0) is 15.5. The smallest absolute Gasteiger partial charge is 0.356 e. The van der Waals surface area contributed by atoms with E-state index in [9.17, 15) is 18.0 Å². The number of hydrogen-bond donors (Lipinski definition) is 1. The molecule has 0 radical (unpaired) electrons. The molecule has 0 aliphatic rings. The van der Waals surface area contributed by atoms with Gasteiger partial charge in [0.15, 0.2) is 0 Å². The third-order valence-electron chi connectivity index (χ3n) is 3.01. The van der Waals surface area contributed by atoms with E-state index in [-0.39, 0.29) is 5.91 Å². The van der Waals surface area contributed by atoms with Gasteiger partial charge in [-0.25, -0.2) is 4.98 Å². The highest BCUT2D eigenvalue weighted by Gasteiger charge is 2.30. The van der Waals surface area contributed by atoms with Crippen molar-refractivity contribution < 1.29 is 18.0 Å². The van der Waals surface area contributed by atoms with Crippen molar-refractivity contribution in [2.45, 2.75) is 32.4 Å². The molecule has 2 aromatic rings. The fourth-order valence-corrected chi connectivity index (χ4v) is 1.98. The Hall–Kier alpha value is -2.05. The molecule has 0 saturated carbocycles.